The highest BCUT2D eigenvalue weighted by Gasteiger charge is 2.03. The molecule has 0 saturated carbocycles. The minimum Gasteiger partial charge on any atom is -0.489 e. The van der Waals surface area contributed by atoms with Crippen molar-refractivity contribution in [2.45, 2.75) is 13.5 Å². The lowest BCUT2D eigenvalue weighted by Crippen LogP contribution is -2.27. The Labute approximate surface area is 137 Å². The molecule has 2 rings (SSSR count). The number of hydrogen-bond donors (Lipinski definition) is 2. The second-order valence-corrected chi connectivity index (χ2v) is 5.41. The van der Waals surface area contributed by atoms with Gasteiger partial charge in [0.05, 0.1) is 6.54 Å². The van der Waals surface area contributed by atoms with Crippen LogP contribution in [0.2, 0.25) is 0 Å². The van der Waals surface area contributed by atoms with Crippen molar-refractivity contribution >= 4 is 11.6 Å². The van der Waals surface area contributed by atoms with Gasteiger partial charge in [-0.05, 0) is 30.2 Å². The first-order valence-corrected chi connectivity index (χ1v) is 7.55. The standard InChI is InChI=1S/C19H22N2O2/c1-15(2)14-23-18-10-6-9-17(11-18)21-19(22)13-20-12-16-7-4-3-5-8-16/h3-11,20H,1,12-14H2,2H3,(H,21,22). The topological polar surface area (TPSA) is 50.4 Å². The number of carbonyl (C=O) groups is 1. The molecule has 0 heterocycles. The quantitative estimate of drug-likeness (QED) is 0.735. The zero-order chi connectivity index (χ0) is 16.5. The second-order valence-electron chi connectivity index (χ2n) is 5.41. The van der Waals surface area contributed by atoms with Crippen LogP contribution < -0.4 is 15.4 Å². The van der Waals surface area contributed by atoms with Gasteiger partial charge in [-0.3, -0.25) is 4.79 Å². The van der Waals surface area contributed by atoms with Gasteiger partial charge in [-0.25, -0.2) is 0 Å². The Hall–Kier alpha value is -2.59. The van der Waals surface area contributed by atoms with Crippen molar-refractivity contribution < 1.29 is 9.53 Å². The first kappa shape index (κ1) is 16.8. The van der Waals surface area contributed by atoms with Crippen LogP contribution in [0.4, 0.5) is 5.69 Å². The molecule has 0 atom stereocenters. The number of carbonyl (C=O) groups excluding carboxylic acids is 1. The lowest BCUT2D eigenvalue weighted by atomic mass is 10.2. The summed E-state index contributed by atoms with van der Waals surface area (Å²) < 4.78 is 5.56. The van der Waals surface area contributed by atoms with E-state index in [1.165, 1.54) is 0 Å². The minimum absolute atomic E-state index is 0.0852. The molecule has 0 fully saturated rings. The highest BCUT2D eigenvalue weighted by atomic mass is 16.5. The second kappa shape index (κ2) is 8.76. The number of amides is 1. The molecule has 1 amide bonds. The van der Waals surface area contributed by atoms with Crippen molar-refractivity contribution in [3.8, 4) is 5.75 Å². The molecule has 2 N–H and O–H groups in total. The van der Waals surface area contributed by atoms with Gasteiger partial charge in [0.15, 0.2) is 0 Å². The molecule has 4 heteroatoms. The van der Waals surface area contributed by atoms with Crippen LogP contribution in [0.15, 0.2) is 66.7 Å². The molecule has 0 radical (unpaired) electrons. The Balaban J connectivity index is 1.78. The summed E-state index contributed by atoms with van der Waals surface area (Å²) in [7, 11) is 0. The molecule has 0 unspecified atom stereocenters. The number of ether oxygens (including phenoxy) is 1. The van der Waals surface area contributed by atoms with E-state index in [-0.39, 0.29) is 12.5 Å². The van der Waals surface area contributed by atoms with Gasteiger partial charge in [-0.1, -0.05) is 43.0 Å². The summed E-state index contributed by atoms with van der Waals surface area (Å²) in [4.78, 5) is 12.0. The molecule has 4 nitrogen and oxygen atoms in total. The molecule has 120 valence electrons. The van der Waals surface area contributed by atoms with Crippen molar-refractivity contribution in [1.29, 1.82) is 0 Å². The van der Waals surface area contributed by atoms with Crippen LogP contribution in [-0.4, -0.2) is 19.1 Å². The molecule has 0 bridgehead atoms. The van der Waals surface area contributed by atoms with E-state index in [4.69, 9.17) is 4.74 Å². The predicted molar refractivity (Wildman–Crippen MR) is 93.5 cm³/mol. The van der Waals surface area contributed by atoms with Crippen LogP contribution in [-0.2, 0) is 11.3 Å². The Morgan fingerprint density at radius 3 is 2.65 bits per heavy atom. The molecule has 0 spiro atoms. The van der Waals surface area contributed by atoms with Gasteiger partial charge in [0, 0.05) is 18.3 Å². The first-order valence-electron chi connectivity index (χ1n) is 7.55. The van der Waals surface area contributed by atoms with Crippen LogP contribution >= 0.6 is 0 Å². The summed E-state index contributed by atoms with van der Waals surface area (Å²) in [6, 6.07) is 17.3. The maximum atomic E-state index is 12.0. The third-order valence-corrected chi connectivity index (χ3v) is 3.06. The third kappa shape index (κ3) is 6.36. The van der Waals surface area contributed by atoms with Gasteiger partial charge < -0.3 is 15.4 Å². The molecule has 2 aromatic rings. The molecular formula is C19H22N2O2. The van der Waals surface area contributed by atoms with E-state index in [2.05, 4.69) is 17.2 Å². The van der Waals surface area contributed by atoms with Crippen molar-refractivity contribution in [3.05, 3.63) is 72.3 Å². The molecule has 23 heavy (non-hydrogen) atoms. The Morgan fingerprint density at radius 2 is 1.91 bits per heavy atom. The smallest absolute Gasteiger partial charge is 0.238 e. The average molecular weight is 310 g/mol. The number of rotatable bonds is 8. The van der Waals surface area contributed by atoms with E-state index in [0.29, 0.717) is 18.9 Å². The first-order chi connectivity index (χ1) is 11.1. The zero-order valence-corrected chi connectivity index (χ0v) is 13.3. The van der Waals surface area contributed by atoms with Gasteiger partial charge in [-0.2, -0.15) is 0 Å². The number of hydrogen-bond acceptors (Lipinski definition) is 3. The normalized spacial score (nSPS) is 10.1. The van der Waals surface area contributed by atoms with E-state index in [1.807, 2.05) is 55.5 Å². The third-order valence-electron chi connectivity index (χ3n) is 3.06. The lowest BCUT2D eigenvalue weighted by Gasteiger charge is -2.10. The highest BCUT2D eigenvalue weighted by Crippen LogP contribution is 2.17. The SMILES string of the molecule is C=C(C)COc1cccc(NC(=O)CNCc2ccccc2)c1. The van der Waals surface area contributed by atoms with Gasteiger partial charge in [0.2, 0.25) is 5.91 Å². The van der Waals surface area contributed by atoms with Crippen LogP contribution in [0.3, 0.4) is 0 Å². The van der Waals surface area contributed by atoms with Crippen LogP contribution in [0.5, 0.6) is 5.75 Å². The van der Waals surface area contributed by atoms with Crippen LogP contribution in [0, 0.1) is 0 Å². The van der Waals surface area contributed by atoms with E-state index in [1.54, 1.807) is 6.07 Å². The van der Waals surface area contributed by atoms with Crippen LogP contribution in [0.25, 0.3) is 0 Å². The van der Waals surface area contributed by atoms with Crippen molar-refractivity contribution in [1.82, 2.24) is 5.32 Å². The molecule has 0 aromatic heterocycles. The van der Waals surface area contributed by atoms with Gasteiger partial charge in [-0.15, -0.1) is 0 Å². The molecule has 0 saturated heterocycles. The van der Waals surface area contributed by atoms with Crippen LogP contribution in [0.1, 0.15) is 12.5 Å². The number of anilines is 1. The summed E-state index contributed by atoms with van der Waals surface area (Å²) in [5.74, 6) is 0.626. The largest absolute Gasteiger partial charge is 0.489 e. The fourth-order valence-corrected chi connectivity index (χ4v) is 1.99. The monoisotopic (exact) mass is 310 g/mol. The fraction of sp³-hybridized carbons (Fsp3) is 0.211. The summed E-state index contributed by atoms with van der Waals surface area (Å²) in [6.45, 7) is 7.09. The Morgan fingerprint density at radius 1 is 1.13 bits per heavy atom. The average Bonchev–Trinajstić information content (AvgIpc) is 2.54. The highest BCUT2D eigenvalue weighted by molar-refractivity contribution is 5.92. The summed E-state index contributed by atoms with van der Waals surface area (Å²) >= 11 is 0. The summed E-state index contributed by atoms with van der Waals surface area (Å²) in [6.07, 6.45) is 0. The van der Waals surface area contributed by atoms with E-state index in [0.717, 1.165) is 16.8 Å². The van der Waals surface area contributed by atoms with Gasteiger partial charge in [0.25, 0.3) is 0 Å². The van der Waals surface area contributed by atoms with E-state index >= 15 is 0 Å². The molecule has 2 aromatic carbocycles. The van der Waals surface area contributed by atoms with Gasteiger partial charge in [0.1, 0.15) is 12.4 Å². The molecular weight excluding hydrogens is 288 g/mol. The minimum atomic E-state index is -0.0852. The maximum Gasteiger partial charge on any atom is 0.238 e. The molecule has 0 aliphatic carbocycles. The summed E-state index contributed by atoms with van der Waals surface area (Å²) in [5, 5.41) is 5.97. The van der Waals surface area contributed by atoms with Crippen molar-refractivity contribution in [2.24, 2.45) is 0 Å². The zero-order valence-electron chi connectivity index (χ0n) is 13.3. The Kier molecular flexibility index (Phi) is 6.39. The number of nitrogens with one attached hydrogen (secondary N) is 2. The maximum absolute atomic E-state index is 12.0. The fourth-order valence-electron chi connectivity index (χ4n) is 1.99. The number of benzene rings is 2. The van der Waals surface area contributed by atoms with Crippen molar-refractivity contribution in [2.75, 3.05) is 18.5 Å². The summed E-state index contributed by atoms with van der Waals surface area (Å²) in [5.41, 5.74) is 2.82. The van der Waals surface area contributed by atoms with E-state index < -0.39 is 0 Å². The Bertz CT molecular complexity index is 653. The lowest BCUT2D eigenvalue weighted by molar-refractivity contribution is -0.115. The molecule has 0 aliphatic heterocycles. The molecule has 0 aliphatic rings. The predicted octanol–water partition coefficient (Wildman–Crippen LogP) is 3.37. The van der Waals surface area contributed by atoms with Gasteiger partial charge >= 0.3 is 0 Å². The van der Waals surface area contributed by atoms with E-state index in [9.17, 15) is 4.79 Å². The van der Waals surface area contributed by atoms with Crippen molar-refractivity contribution in [3.63, 3.8) is 0 Å².